The number of aromatic nitrogens is 3. The highest BCUT2D eigenvalue weighted by Gasteiger charge is 2.20. The molecule has 2 amide bonds. The number of aromatic carboxylic acids is 1. The van der Waals surface area contributed by atoms with Crippen LogP contribution in [0.25, 0.3) is 11.4 Å². The molecule has 0 saturated carbocycles. The van der Waals surface area contributed by atoms with Crippen molar-refractivity contribution in [1.82, 2.24) is 20.4 Å². The Bertz CT molecular complexity index is 1160. The van der Waals surface area contributed by atoms with Gasteiger partial charge >= 0.3 is 5.97 Å². The number of hydrogen-bond acceptors (Lipinski definition) is 10. The number of nitrogens with zero attached hydrogens (tertiary/aromatic N) is 3. The van der Waals surface area contributed by atoms with E-state index in [0.717, 1.165) is 11.3 Å². The van der Waals surface area contributed by atoms with Crippen LogP contribution < -0.4 is 16.4 Å². The van der Waals surface area contributed by atoms with Crippen LogP contribution in [0.3, 0.4) is 0 Å². The van der Waals surface area contributed by atoms with Gasteiger partial charge in [0, 0.05) is 24.6 Å². The van der Waals surface area contributed by atoms with Crippen molar-refractivity contribution in [2.24, 2.45) is 5.73 Å². The highest BCUT2D eigenvalue weighted by atomic mass is 32.1. The lowest BCUT2D eigenvalue weighted by Gasteiger charge is -2.12. The van der Waals surface area contributed by atoms with Crippen LogP contribution in [0.1, 0.15) is 31.6 Å². The van der Waals surface area contributed by atoms with Crippen molar-refractivity contribution in [3.05, 3.63) is 46.3 Å². The molecule has 2 aromatic heterocycles. The molecule has 0 bridgehead atoms. The van der Waals surface area contributed by atoms with Crippen LogP contribution in [0.15, 0.2) is 28.8 Å². The average Bonchev–Trinajstić information content (AvgIpc) is 3.37. The van der Waals surface area contributed by atoms with Crippen molar-refractivity contribution in [2.45, 2.75) is 19.9 Å². The maximum Gasteiger partial charge on any atom is 0.347 e. The molecular weight excluding hydrogens is 456 g/mol. The number of carboxylic acid groups (broad SMARTS) is 2. The first-order chi connectivity index (χ1) is 15.7. The van der Waals surface area contributed by atoms with Gasteiger partial charge in [-0.05, 0) is 19.1 Å². The zero-order valence-corrected chi connectivity index (χ0v) is 18.3. The summed E-state index contributed by atoms with van der Waals surface area (Å²) in [6, 6.07) is 5.55. The molecule has 3 rings (SSSR count). The van der Waals surface area contributed by atoms with E-state index in [1.807, 2.05) is 0 Å². The molecule has 13 nitrogen and oxygen atoms in total. The predicted octanol–water partition coefficient (Wildman–Crippen LogP) is 0.905. The van der Waals surface area contributed by atoms with Crippen molar-refractivity contribution >= 4 is 40.7 Å². The number of thiazole rings is 1. The number of carbonyl (C=O) groups excluding carboxylic acids is 2. The first-order valence-electron chi connectivity index (χ1n) is 9.20. The topological polar surface area (TPSA) is 211 Å². The van der Waals surface area contributed by atoms with Gasteiger partial charge in [0.05, 0.1) is 5.69 Å². The first kappa shape index (κ1) is 25.1. The molecule has 174 valence electrons. The summed E-state index contributed by atoms with van der Waals surface area (Å²) in [6.07, 6.45) is 0. The van der Waals surface area contributed by atoms with E-state index in [1.165, 1.54) is 6.92 Å². The minimum absolute atomic E-state index is 0.0313. The quantitative estimate of drug-likeness (QED) is 0.302. The van der Waals surface area contributed by atoms with Crippen molar-refractivity contribution < 1.29 is 33.9 Å². The Kier molecular flexibility index (Phi) is 8.71. The summed E-state index contributed by atoms with van der Waals surface area (Å²) >= 11 is 0.831. The Balaban J connectivity index is 0.00000122. The fraction of sp³-hybridized carbons (Fsp3) is 0.211. The van der Waals surface area contributed by atoms with Gasteiger partial charge in [0.1, 0.15) is 10.9 Å². The van der Waals surface area contributed by atoms with Gasteiger partial charge in [-0.15, -0.1) is 0 Å². The molecule has 2 heterocycles. The molecule has 0 aliphatic heterocycles. The molecule has 6 N–H and O–H groups in total. The number of aryl methyl sites for hydroxylation is 2. The number of hydrogen-bond donors (Lipinski definition) is 5. The highest BCUT2D eigenvalue weighted by Crippen LogP contribution is 2.22. The summed E-state index contributed by atoms with van der Waals surface area (Å²) < 4.78 is 4.94. The van der Waals surface area contributed by atoms with Gasteiger partial charge in [-0.3, -0.25) is 14.4 Å². The van der Waals surface area contributed by atoms with Crippen molar-refractivity contribution in [3.63, 3.8) is 0 Å². The smallest absolute Gasteiger partial charge is 0.347 e. The van der Waals surface area contributed by atoms with Gasteiger partial charge in [-0.2, -0.15) is 4.98 Å². The second-order valence-electron chi connectivity index (χ2n) is 6.37. The van der Waals surface area contributed by atoms with Crippen LogP contribution >= 0.6 is 11.3 Å². The van der Waals surface area contributed by atoms with Crippen LogP contribution in [0.5, 0.6) is 0 Å². The molecular formula is C19H20N6O7S. The van der Waals surface area contributed by atoms with Crippen LogP contribution in [-0.2, 0) is 9.59 Å². The molecule has 1 unspecified atom stereocenters. The second-order valence-corrected chi connectivity index (χ2v) is 7.37. The molecule has 33 heavy (non-hydrogen) atoms. The van der Waals surface area contributed by atoms with Crippen LogP contribution in [-0.4, -0.2) is 62.2 Å². The monoisotopic (exact) mass is 476 g/mol. The molecule has 0 spiro atoms. The van der Waals surface area contributed by atoms with Crippen molar-refractivity contribution in [3.8, 4) is 11.4 Å². The molecule has 0 fully saturated rings. The Morgan fingerprint density at radius 3 is 2.55 bits per heavy atom. The minimum Gasteiger partial charge on any atom is -0.483 e. The van der Waals surface area contributed by atoms with E-state index in [9.17, 15) is 14.4 Å². The van der Waals surface area contributed by atoms with Gasteiger partial charge in [0.15, 0.2) is 5.13 Å². The Morgan fingerprint density at radius 1 is 1.27 bits per heavy atom. The summed E-state index contributed by atoms with van der Waals surface area (Å²) in [7, 11) is 0. The largest absolute Gasteiger partial charge is 0.483 e. The van der Waals surface area contributed by atoms with E-state index < -0.39 is 23.8 Å². The molecule has 0 radical (unpaired) electrons. The minimum atomic E-state index is -1.12. The zero-order chi connectivity index (χ0) is 24.5. The molecule has 0 aliphatic carbocycles. The van der Waals surface area contributed by atoms with Crippen molar-refractivity contribution in [2.75, 3.05) is 11.9 Å². The van der Waals surface area contributed by atoms with Gasteiger partial charge in [0.2, 0.25) is 17.6 Å². The van der Waals surface area contributed by atoms with E-state index in [0.29, 0.717) is 28.5 Å². The molecule has 3 aromatic rings. The number of rotatable bonds is 7. The maximum atomic E-state index is 12.4. The highest BCUT2D eigenvalue weighted by molar-refractivity contribution is 7.17. The number of carbonyl (C=O) groups is 4. The standard InChI is InChI=1S/C18H18N6O5S.CH2O2/c1-8-13(17(27)28)30-18(21-8)23-16(26)12(19)7-20-15(25)11-5-3-4-10(6-11)14-22-9(2)29-24-14;2-1-3/h3-6,12H,7,19H2,1-2H3,(H,20,25)(H,27,28)(H,21,23,26);1H,(H,2,3). The summed E-state index contributed by atoms with van der Waals surface area (Å²) in [5.74, 6) is -1.39. The first-order valence-corrected chi connectivity index (χ1v) is 10.0. The van der Waals surface area contributed by atoms with Crippen molar-refractivity contribution in [1.29, 1.82) is 0 Å². The molecule has 0 aliphatic rings. The number of nitrogens with one attached hydrogen (secondary N) is 2. The van der Waals surface area contributed by atoms with Gasteiger partial charge in [-0.1, -0.05) is 28.6 Å². The van der Waals surface area contributed by atoms with Gasteiger partial charge in [0.25, 0.3) is 12.4 Å². The van der Waals surface area contributed by atoms with Crippen LogP contribution in [0, 0.1) is 13.8 Å². The molecule has 1 aromatic carbocycles. The van der Waals surface area contributed by atoms with E-state index in [4.69, 9.17) is 25.3 Å². The third kappa shape index (κ3) is 6.91. The average molecular weight is 476 g/mol. The third-order valence-electron chi connectivity index (χ3n) is 3.95. The Labute approximate surface area is 190 Å². The number of nitrogens with two attached hydrogens (primary N) is 1. The third-order valence-corrected chi connectivity index (χ3v) is 5.01. The fourth-order valence-corrected chi connectivity index (χ4v) is 3.27. The Hall–Kier alpha value is -4.17. The number of amides is 2. The lowest BCUT2D eigenvalue weighted by molar-refractivity contribution is -0.123. The molecule has 14 heteroatoms. The predicted molar refractivity (Wildman–Crippen MR) is 116 cm³/mol. The normalized spacial score (nSPS) is 11.0. The summed E-state index contributed by atoms with van der Waals surface area (Å²) in [6.45, 7) is 2.81. The van der Waals surface area contributed by atoms with Crippen LogP contribution in [0.2, 0.25) is 0 Å². The lowest BCUT2D eigenvalue weighted by Crippen LogP contribution is -2.45. The zero-order valence-electron chi connectivity index (χ0n) is 17.4. The van der Waals surface area contributed by atoms with Gasteiger partial charge in [-0.25, -0.2) is 9.78 Å². The number of anilines is 1. The number of carboxylic acids is 1. The van der Waals surface area contributed by atoms with E-state index in [-0.39, 0.29) is 23.0 Å². The fourth-order valence-electron chi connectivity index (χ4n) is 2.46. The lowest BCUT2D eigenvalue weighted by atomic mass is 10.1. The second kappa shape index (κ2) is 11.4. The van der Waals surface area contributed by atoms with Gasteiger partial charge < -0.3 is 31.1 Å². The number of benzene rings is 1. The van der Waals surface area contributed by atoms with Crippen LogP contribution in [0.4, 0.5) is 5.13 Å². The molecule has 1 atom stereocenters. The summed E-state index contributed by atoms with van der Waals surface area (Å²) in [5, 5.41) is 24.9. The maximum absolute atomic E-state index is 12.4. The van der Waals surface area contributed by atoms with E-state index in [2.05, 4.69) is 25.8 Å². The van der Waals surface area contributed by atoms with E-state index in [1.54, 1.807) is 31.2 Å². The van der Waals surface area contributed by atoms with E-state index >= 15 is 0 Å². The Morgan fingerprint density at radius 2 is 1.97 bits per heavy atom. The summed E-state index contributed by atoms with van der Waals surface area (Å²) in [5.41, 5.74) is 7.06. The SMILES string of the molecule is Cc1nc(-c2cccc(C(=O)NCC(N)C(=O)Nc3nc(C)c(C(=O)O)s3)c2)no1.O=CO. The molecule has 0 saturated heterocycles. The summed E-state index contributed by atoms with van der Waals surface area (Å²) in [4.78, 5) is 52.1.